The molecule has 0 aliphatic heterocycles. The van der Waals surface area contributed by atoms with Crippen LogP contribution in [0, 0.1) is 28.5 Å². The number of fused-ring (bicyclic) bond motifs is 3. The molecule has 0 saturated heterocycles. The largest absolute Gasteiger partial charge is 0.204 e. The third-order valence-corrected chi connectivity index (χ3v) is 5.23. The molecular formula is C25H21FN2. The summed E-state index contributed by atoms with van der Waals surface area (Å²) in [6.45, 7) is 8.38. The molecule has 3 aromatic rings. The van der Waals surface area contributed by atoms with Crippen molar-refractivity contribution in [1.82, 2.24) is 0 Å². The van der Waals surface area contributed by atoms with Gasteiger partial charge in [0.2, 0.25) is 0 Å². The summed E-state index contributed by atoms with van der Waals surface area (Å²) in [5.41, 5.74) is 6.08. The second kappa shape index (κ2) is 7.29. The predicted octanol–water partition coefficient (Wildman–Crippen LogP) is 6.57. The molecule has 0 radical (unpaired) electrons. The standard InChI is InChI=1S/C23H15FN2.C2H6/c1-23(2)20-6-4-3-5-18(20)19-8-7-14(11-21(19)23)15-9-16(12-25)22(24)17(10-15)13-26;1-2/h3-11H,1-2H3;1-2H3. The topological polar surface area (TPSA) is 47.6 Å². The molecule has 3 heteroatoms. The fourth-order valence-electron chi connectivity index (χ4n) is 3.84. The molecule has 138 valence electrons. The first-order valence-corrected chi connectivity index (χ1v) is 9.36. The van der Waals surface area contributed by atoms with E-state index in [1.807, 2.05) is 44.2 Å². The van der Waals surface area contributed by atoms with Crippen LogP contribution >= 0.6 is 0 Å². The lowest BCUT2D eigenvalue weighted by Gasteiger charge is -2.22. The zero-order chi connectivity index (χ0) is 20.5. The summed E-state index contributed by atoms with van der Waals surface area (Å²) in [6, 6.07) is 21.2. The van der Waals surface area contributed by atoms with Gasteiger partial charge in [-0.15, -0.1) is 0 Å². The molecule has 0 unspecified atom stereocenters. The maximum Gasteiger partial charge on any atom is 0.158 e. The minimum Gasteiger partial charge on any atom is -0.204 e. The Kier molecular flexibility index (Phi) is 5.04. The van der Waals surface area contributed by atoms with Gasteiger partial charge in [-0.1, -0.05) is 64.1 Å². The van der Waals surface area contributed by atoms with Crippen molar-refractivity contribution in [2.45, 2.75) is 33.1 Å². The molecule has 4 rings (SSSR count). The van der Waals surface area contributed by atoms with Crippen LogP contribution in [0.25, 0.3) is 22.3 Å². The van der Waals surface area contributed by atoms with Crippen LogP contribution in [-0.4, -0.2) is 0 Å². The molecule has 3 aromatic carbocycles. The Hall–Kier alpha value is -3.43. The number of hydrogen-bond acceptors (Lipinski definition) is 2. The minimum atomic E-state index is -0.757. The van der Waals surface area contributed by atoms with E-state index < -0.39 is 5.82 Å². The van der Waals surface area contributed by atoms with Gasteiger partial charge in [0.05, 0.1) is 11.1 Å². The Balaban J connectivity index is 0.00000109. The average Bonchev–Trinajstić information content (AvgIpc) is 2.97. The van der Waals surface area contributed by atoms with E-state index in [-0.39, 0.29) is 16.5 Å². The molecule has 0 amide bonds. The molecular weight excluding hydrogens is 347 g/mol. The van der Waals surface area contributed by atoms with E-state index in [0.29, 0.717) is 5.56 Å². The van der Waals surface area contributed by atoms with Gasteiger partial charge in [-0.2, -0.15) is 10.5 Å². The first-order valence-electron chi connectivity index (χ1n) is 9.36. The number of halogens is 1. The summed E-state index contributed by atoms with van der Waals surface area (Å²) in [5.74, 6) is -0.757. The Morgan fingerprint density at radius 3 is 1.93 bits per heavy atom. The van der Waals surface area contributed by atoms with Gasteiger partial charge >= 0.3 is 0 Å². The third kappa shape index (κ3) is 2.86. The van der Waals surface area contributed by atoms with Crippen molar-refractivity contribution in [1.29, 1.82) is 10.5 Å². The molecule has 0 heterocycles. The summed E-state index contributed by atoms with van der Waals surface area (Å²) in [6.07, 6.45) is 0. The van der Waals surface area contributed by atoms with Crippen molar-refractivity contribution >= 4 is 0 Å². The van der Waals surface area contributed by atoms with Gasteiger partial charge in [-0.25, -0.2) is 4.39 Å². The van der Waals surface area contributed by atoms with Crippen LogP contribution in [0.4, 0.5) is 4.39 Å². The van der Waals surface area contributed by atoms with Crippen LogP contribution in [0.1, 0.15) is 49.9 Å². The molecule has 0 spiro atoms. The van der Waals surface area contributed by atoms with Crippen LogP contribution in [0.15, 0.2) is 54.6 Å². The number of hydrogen-bond donors (Lipinski definition) is 0. The van der Waals surface area contributed by atoms with E-state index in [9.17, 15) is 4.39 Å². The zero-order valence-electron chi connectivity index (χ0n) is 16.5. The van der Waals surface area contributed by atoms with Crippen molar-refractivity contribution < 1.29 is 4.39 Å². The van der Waals surface area contributed by atoms with Crippen LogP contribution in [0.5, 0.6) is 0 Å². The van der Waals surface area contributed by atoms with Crippen molar-refractivity contribution in [3.8, 4) is 34.4 Å². The van der Waals surface area contributed by atoms with E-state index in [1.165, 1.54) is 34.4 Å². The highest BCUT2D eigenvalue weighted by molar-refractivity contribution is 5.83. The maximum absolute atomic E-state index is 14.0. The van der Waals surface area contributed by atoms with E-state index in [4.69, 9.17) is 10.5 Å². The monoisotopic (exact) mass is 368 g/mol. The molecule has 28 heavy (non-hydrogen) atoms. The number of nitriles is 2. The maximum atomic E-state index is 14.0. The Labute approximate surface area is 165 Å². The van der Waals surface area contributed by atoms with E-state index >= 15 is 0 Å². The molecule has 0 fully saturated rings. The first kappa shape index (κ1) is 19.3. The van der Waals surface area contributed by atoms with Crippen molar-refractivity contribution in [2.75, 3.05) is 0 Å². The van der Waals surface area contributed by atoms with E-state index in [1.54, 1.807) is 0 Å². The number of benzene rings is 3. The molecule has 0 atom stereocenters. The fraction of sp³-hybridized carbons (Fsp3) is 0.200. The quantitative estimate of drug-likeness (QED) is 0.488. The molecule has 0 saturated carbocycles. The van der Waals surface area contributed by atoms with Crippen molar-refractivity contribution in [3.63, 3.8) is 0 Å². The highest BCUT2D eigenvalue weighted by atomic mass is 19.1. The van der Waals surface area contributed by atoms with Crippen molar-refractivity contribution in [3.05, 3.63) is 82.7 Å². The van der Waals surface area contributed by atoms with Gasteiger partial charge in [0, 0.05) is 5.41 Å². The highest BCUT2D eigenvalue weighted by Crippen LogP contribution is 2.49. The fourth-order valence-corrected chi connectivity index (χ4v) is 3.84. The summed E-state index contributed by atoms with van der Waals surface area (Å²) >= 11 is 0. The van der Waals surface area contributed by atoms with E-state index in [2.05, 4.69) is 38.1 Å². The minimum absolute atomic E-state index is 0.109. The number of nitrogens with zero attached hydrogens (tertiary/aromatic N) is 2. The molecule has 0 bridgehead atoms. The molecule has 0 N–H and O–H groups in total. The number of rotatable bonds is 1. The summed E-state index contributed by atoms with van der Waals surface area (Å²) in [7, 11) is 0. The smallest absolute Gasteiger partial charge is 0.158 e. The Morgan fingerprint density at radius 2 is 1.32 bits per heavy atom. The van der Waals surface area contributed by atoms with Crippen molar-refractivity contribution in [2.24, 2.45) is 0 Å². The molecule has 1 aliphatic carbocycles. The molecule has 2 nitrogen and oxygen atoms in total. The Bertz CT molecular complexity index is 1110. The SMILES string of the molecule is CC.CC1(C)c2ccccc2-c2ccc(-c3cc(C#N)c(F)c(C#N)c3)cc21. The normalized spacial score (nSPS) is 12.7. The summed E-state index contributed by atoms with van der Waals surface area (Å²) in [4.78, 5) is 0. The van der Waals surface area contributed by atoms with Crippen LogP contribution < -0.4 is 0 Å². The van der Waals surface area contributed by atoms with Crippen LogP contribution in [-0.2, 0) is 5.41 Å². The predicted molar refractivity (Wildman–Crippen MR) is 110 cm³/mol. The second-order valence-electron chi connectivity index (χ2n) is 7.04. The van der Waals surface area contributed by atoms with Gasteiger partial charge in [0.15, 0.2) is 5.82 Å². The van der Waals surface area contributed by atoms with Gasteiger partial charge in [-0.05, 0) is 51.6 Å². The second-order valence-corrected chi connectivity index (χ2v) is 7.04. The lowest BCUT2D eigenvalue weighted by Crippen LogP contribution is -2.14. The molecule has 0 aromatic heterocycles. The van der Waals surface area contributed by atoms with Crippen LogP contribution in [0.2, 0.25) is 0 Å². The van der Waals surface area contributed by atoms with E-state index in [0.717, 1.165) is 5.56 Å². The highest BCUT2D eigenvalue weighted by Gasteiger charge is 2.35. The summed E-state index contributed by atoms with van der Waals surface area (Å²) in [5, 5.41) is 18.3. The average molecular weight is 368 g/mol. The zero-order valence-corrected chi connectivity index (χ0v) is 16.5. The lowest BCUT2D eigenvalue weighted by molar-refractivity contribution is 0.620. The Morgan fingerprint density at radius 1 is 0.750 bits per heavy atom. The first-order chi connectivity index (χ1) is 13.5. The van der Waals surface area contributed by atoms with Gasteiger partial charge in [0.25, 0.3) is 0 Å². The van der Waals surface area contributed by atoms with Gasteiger partial charge in [-0.3, -0.25) is 0 Å². The lowest BCUT2D eigenvalue weighted by atomic mass is 9.81. The molecule has 1 aliphatic rings. The third-order valence-electron chi connectivity index (χ3n) is 5.23. The summed E-state index contributed by atoms with van der Waals surface area (Å²) < 4.78 is 14.0. The van der Waals surface area contributed by atoms with Gasteiger partial charge < -0.3 is 0 Å². The van der Waals surface area contributed by atoms with Crippen LogP contribution in [0.3, 0.4) is 0 Å². The van der Waals surface area contributed by atoms with Gasteiger partial charge in [0.1, 0.15) is 12.1 Å².